The third-order valence-electron chi connectivity index (χ3n) is 2.12. The third kappa shape index (κ3) is 2.72. The molecule has 1 atom stereocenters. The Morgan fingerprint density at radius 2 is 2.00 bits per heavy atom. The van der Waals surface area contributed by atoms with Gasteiger partial charge in [0.2, 0.25) is 0 Å². The molecular weight excluding hydrogens is 178 g/mol. The van der Waals surface area contributed by atoms with E-state index in [1.54, 1.807) is 0 Å². The summed E-state index contributed by atoms with van der Waals surface area (Å²) < 4.78 is 5.32. The molecule has 78 valence electrons. The molecule has 0 unspecified atom stereocenters. The van der Waals surface area contributed by atoms with Crippen LogP contribution in [0.25, 0.3) is 0 Å². The Bertz CT molecular complexity index is 254. The highest BCUT2D eigenvalue weighted by Gasteiger charge is 2.06. The van der Waals surface area contributed by atoms with Crippen molar-refractivity contribution in [2.24, 2.45) is 0 Å². The first-order valence-electron chi connectivity index (χ1n) is 4.82. The van der Waals surface area contributed by atoms with E-state index < -0.39 is 0 Å². The average molecular weight is 195 g/mol. The standard InChI is InChI=1S/C11H17NO2/c1-3-14-10-6-4-9(5-7-10)11(8-13)12-2/h4-7,11-13H,3,8H2,1-2H3/t11-/m1/s1. The third-order valence-corrected chi connectivity index (χ3v) is 2.12. The molecule has 0 saturated heterocycles. The first kappa shape index (κ1) is 11.0. The second kappa shape index (κ2) is 5.62. The number of aliphatic hydroxyl groups is 1. The van der Waals surface area contributed by atoms with E-state index in [-0.39, 0.29) is 12.6 Å². The molecule has 0 bridgehead atoms. The summed E-state index contributed by atoms with van der Waals surface area (Å²) in [6, 6.07) is 7.76. The minimum atomic E-state index is 0.00526. The fourth-order valence-electron chi connectivity index (χ4n) is 1.33. The van der Waals surface area contributed by atoms with E-state index in [1.165, 1.54) is 0 Å². The van der Waals surface area contributed by atoms with Gasteiger partial charge in [-0.3, -0.25) is 0 Å². The maximum Gasteiger partial charge on any atom is 0.119 e. The monoisotopic (exact) mass is 195 g/mol. The lowest BCUT2D eigenvalue weighted by Gasteiger charge is -2.13. The second-order valence-corrected chi connectivity index (χ2v) is 3.03. The van der Waals surface area contributed by atoms with Crippen molar-refractivity contribution in [1.29, 1.82) is 0 Å². The minimum Gasteiger partial charge on any atom is -0.494 e. The van der Waals surface area contributed by atoms with E-state index in [4.69, 9.17) is 9.84 Å². The number of hydrogen-bond acceptors (Lipinski definition) is 3. The zero-order chi connectivity index (χ0) is 10.4. The van der Waals surface area contributed by atoms with Crippen LogP contribution < -0.4 is 10.1 Å². The number of likely N-dealkylation sites (N-methyl/N-ethyl adjacent to an activating group) is 1. The molecule has 2 N–H and O–H groups in total. The zero-order valence-electron chi connectivity index (χ0n) is 8.66. The molecular formula is C11H17NO2. The summed E-state index contributed by atoms with van der Waals surface area (Å²) in [6.45, 7) is 2.73. The Balaban J connectivity index is 2.71. The molecule has 3 heteroatoms. The molecule has 0 radical (unpaired) electrons. The van der Waals surface area contributed by atoms with E-state index in [9.17, 15) is 0 Å². The van der Waals surface area contributed by atoms with Gasteiger partial charge in [-0.1, -0.05) is 12.1 Å². The van der Waals surface area contributed by atoms with Crippen molar-refractivity contribution in [1.82, 2.24) is 5.32 Å². The highest BCUT2D eigenvalue weighted by atomic mass is 16.5. The predicted octanol–water partition coefficient (Wildman–Crippen LogP) is 1.34. The molecule has 1 aromatic rings. The molecule has 0 aliphatic carbocycles. The molecule has 0 spiro atoms. The van der Waals surface area contributed by atoms with E-state index in [0.29, 0.717) is 6.61 Å². The Hall–Kier alpha value is -1.06. The van der Waals surface area contributed by atoms with Crippen molar-refractivity contribution in [2.45, 2.75) is 13.0 Å². The Kier molecular flexibility index (Phi) is 4.43. The van der Waals surface area contributed by atoms with Gasteiger partial charge in [-0.25, -0.2) is 0 Å². The SMILES string of the molecule is CCOc1ccc([C@@H](CO)NC)cc1. The van der Waals surface area contributed by atoms with Gasteiger partial charge in [0, 0.05) is 0 Å². The lowest BCUT2D eigenvalue weighted by molar-refractivity contribution is 0.251. The van der Waals surface area contributed by atoms with Crippen LogP contribution in [-0.4, -0.2) is 25.4 Å². The van der Waals surface area contributed by atoms with Crippen LogP contribution in [0.5, 0.6) is 5.75 Å². The molecule has 0 heterocycles. The van der Waals surface area contributed by atoms with E-state index in [2.05, 4.69) is 5.32 Å². The van der Waals surface area contributed by atoms with Crippen LogP contribution in [0.3, 0.4) is 0 Å². The topological polar surface area (TPSA) is 41.5 Å². The molecule has 0 fully saturated rings. The maximum atomic E-state index is 9.06. The van der Waals surface area contributed by atoms with Crippen molar-refractivity contribution in [2.75, 3.05) is 20.3 Å². The van der Waals surface area contributed by atoms with Gasteiger partial charge in [0.05, 0.1) is 19.3 Å². The maximum absolute atomic E-state index is 9.06. The normalized spacial score (nSPS) is 12.5. The first-order valence-corrected chi connectivity index (χ1v) is 4.82. The van der Waals surface area contributed by atoms with Gasteiger partial charge in [0.15, 0.2) is 0 Å². The molecule has 1 rings (SSSR count). The Morgan fingerprint density at radius 3 is 2.43 bits per heavy atom. The molecule has 0 amide bonds. The number of rotatable bonds is 5. The Labute approximate surface area is 84.7 Å². The zero-order valence-corrected chi connectivity index (χ0v) is 8.66. The van der Waals surface area contributed by atoms with Crippen molar-refractivity contribution < 1.29 is 9.84 Å². The largest absolute Gasteiger partial charge is 0.494 e. The molecule has 0 aliphatic rings. The minimum absolute atomic E-state index is 0.00526. The quantitative estimate of drug-likeness (QED) is 0.745. The van der Waals surface area contributed by atoms with Gasteiger partial charge in [-0.15, -0.1) is 0 Å². The highest BCUT2D eigenvalue weighted by molar-refractivity contribution is 5.29. The van der Waals surface area contributed by atoms with E-state index in [0.717, 1.165) is 11.3 Å². The summed E-state index contributed by atoms with van der Waals surface area (Å²) in [5.41, 5.74) is 1.07. The summed E-state index contributed by atoms with van der Waals surface area (Å²) in [4.78, 5) is 0. The summed E-state index contributed by atoms with van der Waals surface area (Å²) in [5, 5.41) is 12.1. The van der Waals surface area contributed by atoms with Crippen molar-refractivity contribution >= 4 is 0 Å². The van der Waals surface area contributed by atoms with E-state index >= 15 is 0 Å². The fraction of sp³-hybridized carbons (Fsp3) is 0.455. The number of ether oxygens (including phenoxy) is 1. The van der Waals surface area contributed by atoms with Crippen LogP contribution in [-0.2, 0) is 0 Å². The lowest BCUT2D eigenvalue weighted by atomic mass is 10.1. The molecule has 14 heavy (non-hydrogen) atoms. The van der Waals surface area contributed by atoms with Gasteiger partial charge in [0.25, 0.3) is 0 Å². The van der Waals surface area contributed by atoms with Gasteiger partial charge in [0.1, 0.15) is 5.75 Å². The first-order chi connectivity index (χ1) is 6.81. The molecule has 0 saturated carbocycles. The van der Waals surface area contributed by atoms with Crippen molar-refractivity contribution in [3.05, 3.63) is 29.8 Å². The van der Waals surface area contributed by atoms with Gasteiger partial charge in [-0.05, 0) is 31.7 Å². The van der Waals surface area contributed by atoms with Crippen LogP contribution in [0.4, 0.5) is 0 Å². The molecule has 0 aromatic heterocycles. The molecule has 3 nitrogen and oxygen atoms in total. The predicted molar refractivity (Wildman–Crippen MR) is 56.5 cm³/mol. The number of aliphatic hydroxyl groups excluding tert-OH is 1. The number of nitrogens with one attached hydrogen (secondary N) is 1. The average Bonchev–Trinajstić information content (AvgIpc) is 2.23. The van der Waals surface area contributed by atoms with Crippen molar-refractivity contribution in [3.63, 3.8) is 0 Å². The van der Waals surface area contributed by atoms with Crippen molar-refractivity contribution in [3.8, 4) is 5.75 Å². The summed E-state index contributed by atoms with van der Waals surface area (Å²) in [7, 11) is 1.83. The van der Waals surface area contributed by atoms with Crippen LogP contribution in [0.1, 0.15) is 18.5 Å². The van der Waals surface area contributed by atoms with E-state index in [1.807, 2.05) is 38.2 Å². The van der Waals surface area contributed by atoms with Crippen LogP contribution in [0.15, 0.2) is 24.3 Å². The van der Waals surface area contributed by atoms with Gasteiger partial charge < -0.3 is 15.2 Å². The van der Waals surface area contributed by atoms with Gasteiger partial charge >= 0.3 is 0 Å². The van der Waals surface area contributed by atoms with Gasteiger partial charge in [-0.2, -0.15) is 0 Å². The summed E-state index contributed by atoms with van der Waals surface area (Å²) in [5.74, 6) is 0.865. The number of hydrogen-bond donors (Lipinski definition) is 2. The summed E-state index contributed by atoms with van der Waals surface area (Å²) >= 11 is 0. The second-order valence-electron chi connectivity index (χ2n) is 3.03. The Morgan fingerprint density at radius 1 is 1.36 bits per heavy atom. The fourth-order valence-corrected chi connectivity index (χ4v) is 1.33. The number of benzene rings is 1. The van der Waals surface area contributed by atoms with Crippen LogP contribution in [0, 0.1) is 0 Å². The molecule has 1 aromatic carbocycles. The highest BCUT2D eigenvalue weighted by Crippen LogP contribution is 2.17. The smallest absolute Gasteiger partial charge is 0.119 e. The summed E-state index contributed by atoms with van der Waals surface area (Å²) in [6.07, 6.45) is 0. The lowest BCUT2D eigenvalue weighted by Crippen LogP contribution is -2.19. The van der Waals surface area contributed by atoms with Crippen LogP contribution in [0.2, 0.25) is 0 Å². The molecule has 0 aliphatic heterocycles. The van der Waals surface area contributed by atoms with Crippen LogP contribution >= 0.6 is 0 Å².